The van der Waals surface area contributed by atoms with E-state index in [-0.39, 0.29) is 0 Å². The molecule has 0 unspecified atom stereocenters. The van der Waals surface area contributed by atoms with Gasteiger partial charge in [0.25, 0.3) is 0 Å². The van der Waals surface area contributed by atoms with Crippen molar-refractivity contribution >= 4 is 51.2 Å². The minimum atomic E-state index is -1.10. The van der Waals surface area contributed by atoms with Crippen molar-refractivity contribution in [1.29, 1.82) is 0 Å². The van der Waals surface area contributed by atoms with Gasteiger partial charge in [0.1, 0.15) is 30.0 Å². The van der Waals surface area contributed by atoms with Gasteiger partial charge in [-0.3, -0.25) is 0 Å². The lowest BCUT2D eigenvalue weighted by Gasteiger charge is -2.17. The maximum atomic E-state index is 10.7. The molecule has 4 aromatic rings. The zero-order valence-corrected chi connectivity index (χ0v) is 20.6. The smallest absolute Gasteiger partial charge is 0.171 e. The van der Waals surface area contributed by atoms with Crippen LogP contribution in [0.2, 0.25) is 0 Å². The van der Waals surface area contributed by atoms with Gasteiger partial charge in [0, 0.05) is 32.4 Å². The van der Waals surface area contributed by atoms with Crippen LogP contribution in [0.5, 0.6) is 0 Å². The van der Waals surface area contributed by atoms with Crippen LogP contribution in [0, 0.1) is 10.5 Å². The monoisotopic (exact) mass is 579 g/mol. The summed E-state index contributed by atoms with van der Waals surface area (Å²) < 4.78 is 14.2. The number of hydrogen-bond donors (Lipinski definition) is 3. The highest BCUT2D eigenvalue weighted by Crippen LogP contribution is 2.37. The van der Waals surface area contributed by atoms with E-state index in [0.717, 1.165) is 26.2 Å². The van der Waals surface area contributed by atoms with Crippen LogP contribution in [0.3, 0.4) is 0 Å². The van der Waals surface area contributed by atoms with E-state index in [0.29, 0.717) is 28.4 Å². The highest BCUT2D eigenvalue weighted by Gasteiger charge is 2.44. The number of fused-ring (bicyclic) bond motifs is 1. The number of hydrogen-bond acceptors (Lipinski definition) is 9. The average molecular weight is 579 g/mol. The Morgan fingerprint density at radius 3 is 2.76 bits per heavy atom. The van der Waals surface area contributed by atoms with Gasteiger partial charge in [0.15, 0.2) is 12.0 Å². The summed E-state index contributed by atoms with van der Waals surface area (Å²) >= 11 is 3.74. The topological polar surface area (TPSA) is 132 Å². The zero-order valence-electron chi connectivity index (χ0n) is 17.6. The number of aliphatic hydroxyl groups excluding tert-OH is 2. The summed E-state index contributed by atoms with van der Waals surface area (Å²) in [5.41, 5.74) is 9.37. The number of aliphatic hydroxyl groups is 2. The second-order valence-corrected chi connectivity index (χ2v) is 10.0. The minimum absolute atomic E-state index is 0.363. The molecule has 3 aromatic heterocycles. The van der Waals surface area contributed by atoms with Gasteiger partial charge in [0.05, 0.1) is 17.2 Å². The van der Waals surface area contributed by atoms with Crippen LogP contribution in [0.1, 0.15) is 17.5 Å². The largest absolute Gasteiger partial charge is 0.387 e. The van der Waals surface area contributed by atoms with Crippen LogP contribution in [0.25, 0.3) is 22.4 Å². The number of nitrogens with zero attached hydrogens (tertiary/aromatic N) is 4. The number of rotatable bonds is 6. The molecule has 1 saturated heterocycles. The van der Waals surface area contributed by atoms with Crippen molar-refractivity contribution in [2.24, 2.45) is 0 Å². The van der Waals surface area contributed by atoms with E-state index >= 15 is 0 Å². The molecule has 9 nitrogen and oxygen atoms in total. The number of halogens is 1. The van der Waals surface area contributed by atoms with Crippen LogP contribution in [-0.2, 0) is 10.5 Å². The Bertz CT molecular complexity index is 1280. The maximum absolute atomic E-state index is 10.7. The fraction of sp³-hybridized carbons (Fsp3) is 0.318. The predicted octanol–water partition coefficient (Wildman–Crippen LogP) is 3.13. The number of benzene rings is 1. The van der Waals surface area contributed by atoms with Crippen molar-refractivity contribution in [2.45, 2.75) is 37.2 Å². The molecule has 1 aliphatic rings. The quantitative estimate of drug-likeness (QED) is 0.295. The highest BCUT2D eigenvalue weighted by molar-refractivity contribution is 14.1. The molecule has 0 spiro atoms. The van der Waals surface area contributed by atoms with Crippen molar-refractivity contribution in [1.82, 2.24) is 19.7 Å². The van der Waals surface area contributed by atoms with Crippen molar-refractivity contribution in [3.8, 4) is 11.3 Å². The number of aromatic nitrogens is 4. The normalized spacial score (nSPS) is 22.9. The Hall–Kier alpha value is -2.19. The molecule has 4 atom stereocenters. The Labute approximate surface area is 207 Å². The maximum Gasteiger partial charge on any atom is 0.171 e. The molecule has 5 rings (SSSR count). The van der Waals surface area contributed by atoms with Gasteiger partial charge in [-0.15, -0.1) is 0 Å². The summed E-state index contributed by atoms with van der Waals surface area (Å²) in [6.45, 7) is 1.92. The van der Waals surface area contributed by atoms with Gasteiger partial charge >= 0.3 is 0 Å². The molecule has 4 N–H and O–H groups in total. The number of aryl methyl sites for hydroxylation is 1. The van der Waals surface area contributed by atoms with Gasteiger partial charge in [-0.25, -0.2) is 9.97 Å². The number of nitrogen functional groups attached to an aromatic ring is 1. The summed E-state index contributed by atoms with van der Waals surface area (Å²) in [4.78, 5) is 8.35. The Morgan fingerprint density at radius 1 is 1.18 bits per heavy atom. The summed E-state index contributed by atoms with van der Waals surface area (Å²) in [5.74, 6) is 2.24. The first-order valence-electron chi connectivity index (χ1n) is 10.3. The van der Waals surface area contributed by atoms with Crippen molar-refractivity contribution in [2.75, 3.05) is 11.5 Å². The SMILES string of the molecule is Cc1noc(-c2ccccc2)c1CSC[C@H]1O[C@@H](n2cc(I)c3c(N)ncnc32)[C@H](O)[C@@H]1O. The van der Waals surface area contributed by atoms with E-state index in [1.807, 2.05) is 37.3 Å². The fourth-order valence-electron chi connectivity index (χ4n) is 4.00. The molecular weight excluding hydrogens is 557 g/mol. The molecular formula is C22H22IN5O4S. The summed E-state index contributed by atoms with van der Waals surface area (Å²) in [6.07, 6.45) is -0.280. The molecule has 1 aromatic carbocycles. The van der Waals surface area contributed by atoms with Crippen molar-refractivity contribution in [3.05, 3.63) is 57.7 Å². The molecule has 0 saturated carbocycles. The lowest BCUT2D eigenvalue weighted by atomic mass is 10.1. The molecule has 0 amide bonds. The first kappa shape index (κ1) is 22.6. The highest BCUT2D eigenvalue weighted by atomic mass is 127. The van der Waals surface area contributed by atoms with E-state index in [9.17, 15) is 10.2 Å². The van der Waals surface area contributed by atoms with E-state index in [4.69, 9.17) is 15.0 Å². The van der Waals surface area contributed by atoms with Gasteiger partial charge in [-0.2, -0.15) is 11.8 Å². The lowest BCUT2D eigenvalue weighted by molar-refractivity contribution is -0.0286. The molecule has 4 heterocycles. The van der Waals surface area contributed by atoms with E-state index in [1.165, 1.54) is 6.33 Å². The number of thioether (sulfide) groups is 1. The van der Waals surface area contributed by atoms with E-state index < -0.39 is 24.5 Å². The van der Waals surface area contributed by atoms with Gasteiger partial charge in [0.2, 0.25) is 0 Å². The van der Waals surface area contributed by atoms with E-state index in [1.54, 1.807) is 22.5 Å². The molecule has 11 heteroatoms. The van der Waals surface area contributed by atoms with Crippen LogP contribution >= 0.6 is 34.4 Å². The molecule has 172 valence electrons. The fourth-order valence-corrected chi connectivity index (χ4v) is 5.99. The Morgan fingerprint density at radius 2 is 1.97 bits per heavy atom. The van der Waals surface area contributed by atoms with Crippen LogP contribution in [0.4, 0.5) is 5.82 Å². The standard InChI is InChI=1S/C22H22IN5O4S/c1-11-13(19(32-27-11)12-5-3-2-4-6-12)8-33-9-15-17(29)18(30)22(31-15)28-7-14(23)16-20(24)25-10-26-21(16)28/h2-7,10,15,17-18,22,29-30H,8-9H2,1H3,(H2,24,25,26)/t15-,17-,18-,22-/m1/s1. The van der Waals surface area contributed by atoms with E-state index in [2.05, 4.69) is 37.7 Å². The number of ether oxygens (including phenoxy) is 1. The van der Waals surface area contributed by atoms with Crippen LogP contribution in [-0.4, -0.2) is 54.0 Å². The number of anilines is 1. The molecule has 0 radical (unpaired) electrons. The second kappa shape index (κ2) is 9.22. The lowest BCUT2D eigenvalue weighted by Crippen LogP contribution is -2.32. The van der Waals surface area contributed by atoms with Crippen LogP contribution < -0.4 is 5.73 Å². The molecule has 1 aliphatic heterocycles. The number of nitrogens with two attached hydrogens (primary N) is 1. The Kier molecular flexibility index (Phi) is 6.31. The summed E-state index contributed by atoms with van der Waals surface area (Å²) in [7, 11) is 0. The first-order chi connectivity index (χ1) is 16.0. The molecule has 33 heavy (non-hydrogen) atoms. The molecule has 0 aliphatic carbocycles. The van der Waals surface area contributed by atoms with Gasteiger partial charge < -0.3 is 29.8 Å². The van der Waals surface area contributed by atoms with Gasteiger partial charge in [-0.1, -0.05) is 35.5 Å². The third-order valence-electron chi connectivity index (χ3n) is 5.75. The second-order valence-electron chi connectivity index (χ2n) is 7.84. The van der Waals surface area contributed by atoms with Crippen molar-refractivity contribution < 1.29 is 19.5 Å². The third-order valence-corrected chi connectivity index (χ3v) is 7.63. The van der Waals surface area contributed by atoms with Gasteiger partial charge in [-0.05, 0) is 29.5 Å². The zero-order chi connectivity index (χ0) is 23.1. The summed E-state index contributed by atoms with van der Waals surface area (Å²) in [5, 5.41) is 26.2. The summed E-state index contributed by atoms with van der Waals surface area (Å²) in [6, 6.07) is 9.84. The van der Waals surface area contributed by atoms with Crippen molar-refractivity contribution in [3.63, 3.8) is 0 Å². The third kappa shape index (κ3) is 4.12. The predicted molar refractivity (Wildman–Crippen MR) is 133 cm³/mol. The Balaban J connectivity index is 1.30. The first-order valence-corrected chi connectivity index (χ1v) is 12.6. The minimum Gasteiger partial charge on any atom is -0.387 e. The molecule has 1 fully saturated rings. The molecule has 0 bridgehead atoms. The van der Waals surface area contributed by atoms with Crippen LogP contribution in [0.15, 0.2) is 47.4 Å². The average Bonchev–Trinajstić information content (AvgIpc) is 3.44.